The molecule has 30 heavy (non-hydrogen) atoms. The number of carbonyl (C=O) groups is 2. The summed E-state index contributed by atoms with van der Waals surface area (Å²) in [5.74, 6) is -0.288. The molecule has 2 heterocycles. The monoisotopic (exact) mass is 433 g/mol. The molecule has 0 bridgehead atoms. The number of amides is 2. The van der Waals surface area contributed by atoms with E-state index in [1.807, 2.05) is 18.7 Å². The average molecular weight is 434 g/mol. The summed E-state index contributed by atoms with van der Waals surface area (Å²) in [6, 6.07) is 5.66. The molecule has 1 aromatic rings. The Bertz CT molecular complexity index is 879. The SMILES string of the molecule is C=CC(=O)NC1CC(C)N(S(=O)(=O)c2ccc(C(=O)N3CCCCC3)cc2)C(C)C1. The number of hydrogen-bond donors (Lipinski definition) is 1. The van der Waals surface area contributed by atoms with Crippen molar-refractivity contribution in [1.82, 2.24) is 14.5 Å². The lowest BCUT2D eigenvalue weighted by Crippen LogP contribution is -2.54. The molecule has 0 spiro atoms. The van der Waals surface area contributed by atoms with E-state index in [0.29, 0.717) is 18.4 Å². The van der Waals surface area contributed by atoms with Crippen molar-refractivity contribution in [3.63, 3.8) is 0 Å². The van der Waals surface area contributed by atoms with E-state index in [-0.39, 0.29) is 34.8 Å². The minimum Gasteiger partial charge on any atom is -0.350 e. The summed E-state index contributed by atoms with van der Waals surface area (Å²) in [5.41, 5.74) is 0.516. The van der Waals surface area contributed by atoms with Gasteiger partial charge in [-0.05, 0) is 76.3 Å². The highest BCUT2D eigenvalue weighted by Gasteiger charge is 2.39. The van der Waals surface area contributed by atoms with Crippen molar-refractivity contribution in [1.29, 1.82) is 0 Å². The number of benzene rings is 1. The summed E-state index contributed by atoms with van der Waals surface area (Å²) < 4.78 is 28.1. The van der Waals surface area contributed by atoms with Crippen molar-refractivity contribution in [3.05, 3.63) is 42.5 Å². The van der Waals surface area contributed by atoms with Gasteiger partial charge in [-0.25, -0.2) is 8.42 Å². The van der Waals surface area contributed by atoms with E-state index < -0.39 is 10.0 Å². The molecule has 0 aliphatic carbocycles. The second-order valence-electron chi connectivity index (χ2n) is 8.29. The molecule has 8 heteroatoms. The van der Waals surface area contributed by atoms with Crippen molar-refractivity contribution in [2.45, 2.75) is 69.0 Å². The van der Waals surface area contributed by atoms with Gasteiger partial charge < -0.3 is 10.2 Å². The molecule has 2 atom stereocenters. The zero-order chi connectivity index (χ0) is 21.9. The Labute approximate surface area is 179 Å². The van der Waals surface area contributed by atoms with Gasteiger partial charge in [-0.15, -0.1) is 0 Å². The summed E-state index contributed by atoms with van der Waals surface area (Å²) in [5, 5.41) is 2.87. The van der Waals surface area contributed by atoms with Gasteiger partial charge in [0, 0.05) is 36.8 Å². The third-order valence-electron chi connectivity index (χ3n) is 5.97. The van der Waals surface area contributed by atoms with E-state index in [1.54, 1.807) is 12.1 Å². The highest BCUT2D eigenvalue weighted by molar-refractivity contribution is 7.89. The van der Waals surface area contributed by atoms with E-state index in [0.717, 1.165) is 32.4 Å². The normalized spacial score (nSPS) is 25.5. The summed E-state index contributed by atoms with van der Waals surface area (Å²) in [4.78, 5) is 26.3. The van der Waals surface area contributed by atoms with Gasteiger partial charge in [0.1, 0.15) is 0 Å². The summed E-state index contributed by atoms with van der Waals surface area (Å²) in [7, 11) is -3.71. The number of sulfonamides is 1. The standard InChI is InChI=1S/C22H31N3O4S/c1-4-21(26)23-19-14-16(2)25(17(3)15-19)30(28,29)20-10-8-18(9-11-20)22(27)24-12-6-5-7-13-24/h4,8-11,16-17,19H,1,5-7,12-15H2,2-3H3,(H,23,26). The minimum atomic E-state index is -3.71. The molecule has 0 aromatic heterocycles. The first-order valence-electron chi connectivity index (χ1n) is 10.6. The molecule has 2 aliphatic rings. The van der Waals surface area contributed by atoms with Gasteiger partial charge in [0.25, 0.3) is 5.91 Å². The van der Waals surface area contributed by atoms with Gasteiger partial charge in [-0.3, -0.25) is 9.59 Å². The smallest absolute Gasteiger partial charge is 0.253 e. The van der Waals surface area contributed by atoms with Crippen molar-refractivity contribution in [2.75, 3.05) is 13.1 Å². The molecule has 0 radical (unpaired) electrons. The van der Waals surface area contributed by atoms with Crippen LogP contribution in [0.5, 0.6) is 0 Å². The van der Waals surface area contributed by atoms with E-state index in [9.17, 15) is 18.0 Å². The molecule has 1 N–H and O–H groups in total. The number of likely N-dealkylation sites (tertiary alicyclic amines) is 1. The van der Waals surface area contributed by atoms with Gasteiger partial charge in [0.2, 0.25) is 15.9 Å². The number of hydrogen-bond acceptors (Lipinski definition) is 4. The molecule has 0 saturated carbocycles. The van der Waals surface area contributed by atoms with E-state index >= 15 is 0 Å². The Kier molecular flexibility index (Phi) is 6.98. The van der Waals surface area contributed by atoms with E-state index in [2.05, 4.69) is 11.9 Å². The van der Waals surface area contributed by atoms with E-state index in [4.69, 9.17) is 0 Å². The third-order valence-corrected chi connectivity index (χ3v) is 8.11. The molecular weight excluding hydrogens is 402 g/mol. The molecule has 2 unspecified atom stereocenters. The second-order valence-corrected chi connectivity index (χ2v) is 10.1. The van der Waals surface area contributed by atoms with Crippen LogP contribution in [0.3, 0.4) is 0 Å². The maximum absolute atomic E-state index is 13.3. The molecule has 2 amide bonds. The largest absolute Gasteiger partial charge is 0.350 e. The third kappa shape index (κ3) is 4.75. The van der Waals surface area contributed by atoms with Crippen molar-refractivity contribution in [2.24, 2.45) is 0 Å². The molecule has 7 nitrogen and oxygen atoms in total. The molecule has 2 saturated heterocycles. The van der Waals surface area contributed by atoms with Crippen LogP contribution >= 0.6 is 0 Å². The van der Waals surface area contributed by atoms with Crippen LogP contribution in [0.25, 0.3) is 0 Å². The van der Waals surface area contributed by atoms with Gasteiger partial charge in [-0.2, -0.15) is 4.31 Å². The van der Waals surface area contributed by atoms with Crippen LogP contribution in [0, 0.1) is 0 Å². The Balaban J connectivity index is 1.74. The topological polar surface area (TPSA) is 86.8 Å². The fourth-order valence-corrected chi connectivity index (χ4v) is 6.43. The lowest BCUT2D eigenvalue weighted by molar-refractivity contribution is -0.117. The molecule has 164 valence electrons. The first kappa shape index (κ1) is 22.5. The zero-order valence-corrected chi connectivity index (χ0v) is 18.5. The second kappa shape index (κ2) is 9.31. The van der Waals surface area contributed by atoms with E-state index in [1.165, 1.54) is 22.5 Å². The molecular formula is C22H31N3O4S. The molecule has 2 fully saturated rings. The van der Waals surface area contributed by atoms with Crippen molar-refractivity contribution >= 4 is 21.8 Å². The number of carbonyl (C=O) groups excluding carboxylic acids is 2. The van der Waals surface area contributed by atoms with Crippen LogP contribution in [-0.4, -0.2) is 60.7 Å². The Hall–Kier alpha value is -2.19. The molecule has 3 rings (SSSR count). The Morgan fingerprint density at radius 1 is 1.03 bits per heavy atom. The van der Waals surface area contributed by atoms with Crippen molar-refractivity contribution < 1.29 is 18.0 Å². The van der Waals surface area contributed by atoms with Crippen LogP contribution in [0.4, 0.5) is 0 Å². The first-order chi connectivity index (χ1) is 14.2. The minimum absolute atomic E-state index is 0.0424. The highest BCUT2D eigenvalue weighted by atomic mass is 32.2. The van der Waals surface area contributed by atoms with Crippen LogP contribution in [-0.2, 0) is 14.8 Å². The lowest BCUT2D eigenvalue weighted by atomic mass is 9.95. The maximum atomic E-state index is 13.3. The number of piperidine rings is 2. The van der Waals surface area contributed by atoms with Gasteiger partial charge >= 0.3 is 0 Å². The molecule has 1 aromatic carbocycles. The van der Waals surface area contributed by atoms with Gasteiger partial charge in [0.15, 0.2) is 0 Å². The first-order valence-corrected chi connectivity index (χ1v) is 12.0. The lowest BCUT2D eigenvalue weighted by Gasteiger charge is -2.41. The number of nitrogens with zero attached hydrogens (tertiary/aromatic N) is 2. The number of rotatable bonds is 5. The Morgan fingerprint density at radius 2 is 1.60 bits per heavy atom. The van der Waals surface area contributed by atoms with Crippen LogP contribution in [0.2, 0.25) is 0 Å². The zero-order valence-electron chi connectivity index (χ0n) is 17.7. The van der Waals surface area contributed by atoms with Crippen LogP contribution in [0.15, 0.2) is 41.8 Å². The summed E-state index contributed by atoms with van der Waals surface area (Å²) in [6.45, 7) is 8.68. The average Bonchev–Trinajstić information content (AvgIpc) is 2.73. The fraction of sp³-hybridized carbons (Fsp3) is 0.545. The predicted octanol–water partition coefficient (Wildman–Crippen LogP) is 2.54. The number of nitrogens with one attached hydrogen (secondary N) is 1. The Morgan fingerprint density at radius 3 is 2.13 bits per heavy atom. The fourth-order valence-electron chi connectivity index (χ4n) is 4.58. The van der Waals surface area contributed by atoms with Crippen molar-refractivity contribution in [3.8, 4) is 0 Å². The van der Waals surface area contributed by atoms with Gasteiger partial charge in [0.05, 0.1) is 4.90 Å². The summed E-state index contributed by atoms with van der Waals surface area (Å²) in [6.07, 6.45) is 5.47. The summed E-state index contributed by atoms with van der Waals surface area (Å²) >= 11 is 0. The predicted molar refractivity (Wildman–Crippen MR) is 116 cm³/mol. The van der Waals surface area contributed by atoms with Gasteiger partial charge in [-0.1, -0.05) is 6.58 Å². The van der Waals surface area contributed by atoms with Crippen LogP contribution in [0.1, 0.15) is 56.3 Å². The highest BCUT2D eigenvalue weighted by Crippen LogP contribution is 2.30. The maximum Gasteiger partial charge on any atom is 0.253 e. The molecule has 2 aliphatic heterocycles. The quantitative estimate of drug-likeness (QED) is 0.723. The van der Waals surface area contributed by atoms with Crippen LogP contribution < -0.4 is 5.32 Å².